The van der Waals surface area contributed by atoms with Gasteiger partial charge in [-0.25, -0.2) is 4.79 Å². The number of carboxylic acid groups (broad SMARTS) is 1. The van der Waals surface area contributed by atoms with E-state index in [9.17, 15) is 9.90 Å². The van der Waals surface area contributed by atoms with Gasteiger partial charge in [0, 0.05) is 6.42 Å². The normalized spacial score (nSPS) is 37.5. The largest absolute Gasteiger partial charge is 0.479 e. The van der Waals surface area contributed by atoms with Gasteiger partial charge in [-0.3, -0.25) is 0 Å². The summed E-state index contributed by atoms with van der Waals surface area (Å²) in [6, 6.07) is 0. The van der Waals surface area contributed by atoms with Crippen LogP contribution in [0.3, 0.4) is 0 Å². The first-order chi connectivity index (χ1) is 5.08. The molecule has 1 saturated heterocycles. The molecule has 5 heteroatoms. The second-order valence-corrected chi connectivity index (χ2v) is 2.66. The molecule has 0 aromatic carbocycles. The molecule has 1 heterocycles. The topological polar surface area (TPSA) is 87.0 Å². The molecule has 5 nitrogen and oxygen atoms in total. The van der Waals surface area contributed by atoms with E-state index in [0.717, 1.165) is 0 Å². The molecular formula is C6H10O5. The molecule has 1 rings (SSSR count). The molecule has 0 aromatic rings. The Morgan fingerprint density at radius 1 is 1.73 bits per heavy atom. The van der Waals surface area contributed by atoms with Crippen molar-refractivity contribution < 1.29 is 24.9 Å². The molecule has 0 saturated carbocycles. The van der Waals surface area contributed by atoms with Crippen molar-refractivity contribution in [3.8, 4) is 0 Å². The number of aliphatic carboxylic acids is 1. The molecule has 3 N–H and O–H groups in total. The molecule has 0 aromatic heterocycles. The molecule has 2 unspecified atom stereocenters. The lowest BCUT2D eigenvalue weighted by Gasteiger charge is -2.13. The Bertz CT molecular complexity index is 168. The fourth-order valence-corrected chi connectivity index (χ4v) is 1.02. The minimum Gasteiger partial charge on any atom is -0.479 e. The van der Waals surface area contributed by atoms with Crippen LogP contribution in [-0.2, 0) is 9.53 Å². The van der Waals surface area contributed by atoms with Gasteiger partial charge < -0.3 is 20.1 Å². The minimum atomic E-state index is -1.80. The van der Waals surface area contributed by atoms with Gasteiger partial charge >= 0.3 is 5.97 Å². The molecule has 1 fully saturated rings. The minimum absolute atomic E-state index is 0.0428. The molecule has 1 aliphatic heterocycles. The zero-order valence-corrected chi connectivity index (χ0v) is 5.86. The van der Waals surface area contributed by atoms with Crippen molar-refractivity contribution in [2.24, 2.45) is 0 Å². The lowest BCUT2D eigenvalue weighted by Crippen LogP contribution is -2.39. The Morgan fingerprint density at radius 3 is 2.64 bits per heavy atom. The van der Waals surface area contributed by atoms with Gasteiger partial charge in [-0.15, -0.1) is 0 Å². The monoisotopic (exact) mass is 162 g/mol. The number of aliphatic hydroxyl groups is 2. The van der Waals surface area contributed by atoms with Crippen LogP contribution in [0, 0.1) is 0 Å². The van der Waals surface area contributed by atoms with Crippen LogP contribution in [0.25, 0.3) is 0 Å². The fraction of sp³-hybridized carbons (Fsp3) is 0.833. The van der Waals surface area contributed by atoms with Crippen molar-refractivity contribution in [3.05, 3.63) is 0 Å². The van der Waals surface area contributed by atoms with Gasteiger partial charge in [0.15, 0.2) is 5.60 Å². The highest BCUT2D eigenvalue weighted by molar-refractivity contribution is 5.77. The Hall–Kier alpha value is -0.650. The summed E-state index contributed by atoms with van der Waals surface area (Å²) in [5.74, 6) is -1.30. The third kappa shape index (κ3) is 1.50. The van der Waals surface area contributed by atoms with Crippen LogP contribution in [0.2, 0.25) is 0 Å². The molecule has 0 spiro atoms. The Balaban J connectivity index is 2.57. The average Bonchev–Trinajstić information content (AvgIpc) is 2.33. The van der Waals surface area contributed by atoms with Crippen LogP contribution in [-0.4, -0.2) is 46.2 Å². The third-order valence-corrected chi connectivity index (χ3v) is 1.72. The van der Waals surface area contributed by atoms with Gasteiger partial charge in [-0.1, -0.05) is 0 Å². The summed E-state index contributed by atoms with van der Waals surface area (Å²) in [5.41, 5.74) is -1.80. The molecule has 1 aliphatic rings. The van der Waals surface area contributed by atoms with Gasteiger partial charge in [0.2, 0.25) is 0 Å². The third-order valence-electron chi connectivity index (χ3n) is 1.72. The number of rotatable bonds is 2. The second-order valence-electron chi connectivity index (χ2n) is 2.66. The summed E-state index contributed by atoms with van der Waals surface area (Å²) in [5, 5.41) is 26.3. The van der Waals surface area contributed by atoms with E-state index in [-0.39, 0.29) is 19.6 Å². The van der Waals surface area contributed by atoms with E-state index < -0.39 is 17.7 Å². The molecule has 11 heavy (non-hydrogen) atoms. The van der Waals surface area contributed by atoms with Crippen LogP contribution < -0.4 is 0 Å². The number of carbonyl (C=O) groups is 1. The van der Waals surface area contributed by atoms with Gasteiger partial charge in [0.25, 0.3) is 0 Å². The summed E-state index contributed by atoms with van der Waals surface area (Å²) in [6.45, 7) is -0.497. The maximum atomic E-state index is 10.4. The van der Waals surface area contributed by atoms with Gasteiger partial charge in [-0.05, 0) is 0 Å². The number of hydrogen-bond acceptors (Lipinski definition) is 4. The van der Waals surface area contributed by atoms with Crippen molar-refractivity contribution in [2.75, 3.05) is 13.2 Å². The lowest BCUT2D eigenvalue weighted by atomic mass is 10.0. The van der Waals surface area contributed by atoms with Crippen LogP contribution in [0.5, 0.6) is 0 Å². The molecule has 2 atom stereocenters. The number of carboxylic acids is 1. The highest BCUT2D eigenvalue weighted by Crippen LogP contribution is 2.23. The van der Waals surface area contributed by atoms with Crippen LogP contribution in [0.4, 0.5) is 0 Å². The predicted octanol–water partition coefficient (Wildman–Crippen LogP) is -1.42. The highest BCUT2D eigenvalue weighted by Gasteiger charge is 2.44. The van der Waals surface area contributed by atoms with Crippen molar-refractivity contribution >= 4 is 5.97 Å². The molecule has 0 aliphatic carbocycles. The van der Waals surface area contributed by atoms with Crippen molar-refractivity contribution in [3.63, 3.8) is 0 Å². The van der Waals surface area contributed by atoms with E-state index >= 15 is 0 Å². The molecule has 0 amide bonds. The van der Waals surface area contributed by atoms with Gasteiger partial charge in [-0.2, -0.15) is 0 Å². The number of hydrogen-bond donors (Lipinski definition) is 3. The smallest absolute Gasteiger partial charge is 0.338 e. The van der Waals surface area contributed by atoms with E-state index in [0.29, 0.717) is 0 Å². The quantitative estimate of drug-likeness (QED) is 0.464. The van der Waals surface area contributed by atoms with E-state index in [1.807, 2.05) is 0 Å². The second kappa shape index (κ2) is 2.77. The highest BCUT2D eigenvalue weighted by atomic mass is 16.5. The SMILES string of the molecule is O=C(O)C1(O)COC(CO)C1. The summed E-state index contributed by atoms with van der Waals surface area (Å²) in [4.78, 5) is 10.4. The molecule has 0 bridgehead atoms. The summed E-state index contributed by atoms with van der Waals surface area (Å²) in [7, 11) is 0. The first-order valence-corrected chi connectivity index (χ1v) is 3.27. The maximum absolute atomic E-state index is 10.4. The van der Waals surface area contributed by atoms with Crippen molar-refractivity contribution in [1.29, 1.82) is 0 Å². The Labute approximate surface area is 63.2 Å². The van der Waals surface area contributed by atoms with E-state index in [2.05, 4.69) is 0 Å². The summed E-state index contributed by atoms with van der Waals surface area (Å²) >= 11 is 0. The van der Waals surface area contributed by atoms with Gasteiger partial charge in [0.05, 0.1) is 19.3 Å². The Kier molecular flexibility index (Phi) is 2.12. The molecule has 64 valence electrons. The van der Waals surface area contributed by atoms with E-state index in [1.165, 1.54) is 0 Å². The average molecular weight is 162 g/mol. The summed E-state index contributed by atoms with van der Waals surface area (Å²) < 4.78 is 4.80. The Morgan fingerprint density at radius 2 is 2.36 bits per heavy atom. The molecular weight excluding hydrogens is 152 g/mol. The summed E-state index contributed by atoms with van der Waals surface area (Å²) in [6.07, 6.45) is -0.588. The van der Waals surface area contributed by atoms with Crippen molar-refractivity contribution in [1.82, 2.24) is 0 Å². The number of aliphatic hydroxyl groups excluding tert-OH is 1. The fourth-order valence-electron chi connectivity index (χ4n) is 1.02. The van der Waals surface area contributed by atoms with Crippen LogP contribution in [0.1, 0.15) is 6.42 Å². The zero-order chi connectivity index (χ0) is 8.48. The van der Waals surface area contributed by atoms with Crippen LogP contribution in [0.15, 0.2) is 0 Å². The van der Waals surface area contributed by atoms with Crippen LogP contribution >= 0.6 is 0 Å². The molecule has 0 radical (unpaired) electrons. The van der Waals surface area contributed by atoms with Crippen molar-refractivity contribution in [2.45, 2.75) is 18.1 Å². The van der Waals surface area contributed by atoms with Gasteiger partial charge in [0.1, 0.15) is 0 Å². The first-order valence-electron chi connectivity index (χ1n) is 3.27. The maximum Gasteiger partial charge on any atom is 0.338 e. The van der Waals surface area contributed by atoms with E-state index in [4.69, 9.17) is 14.9 Å². The first kappa shape index (κ1) is 8.45. The predicted molar refractivity (Wildman–Crippen MR) is 34.0 cm³/mol. The standard InChI is InChI=1S/C6H10O5/c7-2-4-1-6(10,3-11-4)5(8)9/h4,7,10H,1-3H2,(H,8,9). The zero-order valence-electron chi connectivity index (χ0n) is 5.86. The lowest BCUT2D eigenvalue weighted by molar-refractivity contribution is -0.158. The van der Waals surface area contributed by atoms with E-state index in [1.54, 1.807) is 0 Å². The number of ether oxygens (including phenoxy) is 1.